The van der Waals surface area contributed by atoms with Crippen molar-refractivity contribution in [2.75, 3.05) is 31.3 Å². The van der Waals surface area contributed by atoms with E-state index in [2.05, 4.69) is 10.6 Å². The third kappa shape index (κ3) is 12.9. The number of aryl methyl sites for hydroxylation is 1. The second-order valence-corrected chi connectivity index (χ2v) is 10.7. The van der Waals surface area contributed by atoms with Crippen LogP contribution in [0.15, 0.2) is 48.5 Å². The minimum Gasteiger partial charge on any atom is -0.390 e. The zero-order valence-electron chi connectivity index (χ0n) is 22.9. The predicted molar refractivity (Wildman–Crippen MR) is 153 cm³/mol. The lowest BCUT2D eigenvalue weighted by atomic mass is 10.1. The van der Waals surface area contributed by atoms with E-state index in [4.69, 9.17) is 30.5 Å². The van der Waals surface area contributed by atoms with Gasteiger partial charge in [-0.05, 0) is 68.0 Å². The number of rotatable bonds is 17. The molecule has 0 amide bonds. The second-order valence-electron chi connectivity index (χ2n) is 9.14. The summed E-state index contributed by atoms with van der Waals surface area (Å²) < 4.78 is 38.0. The first-order valence-electron chi connectivity index (χ1n) is 13.0. The molecule has 40 heavy (non-hydrogen) atoms. The Morgan fingerprint density at radius 1 is 1.02 bits per heavy atom. The van der Waals surface area contributed by atoms with Gasteiger partial charge >= 0.3 is 22.1 Å². The molecule has 220 valence electrons. The lowest BCUT2D eigenvalue weighted by Crippen LogP contribution is -2.39. The van der Waals surface area contributed by atoms with Crippen LogP contribution < -0.4 is 26.3 Å². The fourth-order valence-corrected chi connectivity index (χ4v) is 4.19. The Bertz CT molecular complexity index is 1220. The first kappa shape index (κ1) is 32.5. The number of ether oxygens (including phenoxy) is 2. The average molecular weight is 578 g/mol. The van der Waals surface area contributed by atoms with Gasteiger partial charge in [-0.3, -0.25) is 5.41 Å². The molecule has 0 fully saturated rings. The van der Waals surface area contributed by atoms with Gasteiger partial charge in [0.25, 0.3) is 0 Å². The first-order chi connectivity index (χ1) is 19.0. The number of hydrogen-bond donors (Lipinski definition) is 5. The number of carbonyl (C=O) groups excluding carboxylic acids is 2. The van der Waals surface area contributed by atoms with Gasteiger partial charge in [-0.1, -0.05) is 24.3 Å². The first-order valence-corrected chi connectivity index (χ1v) is 14.8. The van der Waals surface area contributed by atoms with Crippen LogP contribution in [-0.4, -0.2) is 64.4 Å². The van der Waals surface area contributed by atoms with Gasteiger partial charge in [0.15, 0.2) is 12.1 Å². The summed E-state index contributed by atoms with van der Waals surface area (Å²) in [7, 11) is -3.57. The van der Waals surface area contributed by atoms with E-state index >= 15 is 0 Å². The second kappa shape index (κ2) is 16.4. The van der Waals surface area contributed by atoms with E-state index in [9.17, 15) is 18.0 Å². The van der Waals surface area contributed by atoms with Crippen molar-refractivity contribution in [2.24, 2.45) is 11.5 Å². The number of nitrogens with one attached hydrogen (secondary N) is 3. The van der Waals surface area contributed by atoms with Crippen LogP contribution in [-0.2, 0) is 42.0 Å². The molecule has 2 atom stereocenters. The zero-order valence-corrected chi connectivity index (χ0v) is 23.7. The molecule has 2 aromatic rings. The van der Waals surface area contributed by atoms with Crippen molar-refractivity contribution in [1.29, 1.82) is 5.41 Å². The smallest absolute Gasteiger partial charge is 0.343 e. The van der Waals surface area contributed by atoms with E-state index in [0.29, 0.717) is 25.3 Å². The van der Waals surface area contributed by atoms with E-state index in [-0.39, 0.29) is 25.4 Å². The van der Waals surface area contributed by atoms with Gasteiger partial charge < -0.3 is 35.8 Å². The summed E-state index contributed by atoms with van der Waals surface area (Å²) in [5.41, 5.74) is 13.7. The summed E-state index contributed by atoms with van der Waals surface area (Å²) in [5, 5.41) is 13.1. The van der Waals surface area contributed by atoms with Crippen molar-refractivity contribution < 1.29 is 31.7 Å². The maximum atomic E-state index is 12.6. The highest BCUT2D eigenvalue weighted by Crippen LogP contribution is 2.17. The lowest BCUT2D eigenvalue weighted by molar-refractivity contribution is -0.169. The molecule has 2 rings (SSSR count). The summed E-state index contributed by atoms with van der Waals surface area (Å²) in [6.45, 7) is 3.09. The minimum absolute atomic E-state index is 0.169. The van der Waals surface area contributed by atoms with Crippen LogP contribution in [0.4, 0.5) is 5.69 Å². The Kier molecular flexibility index (Phi) is 13.4. The Balaban J connectivity index is 1.80. The fraction of sp³-hybridized carbons (Fsp3) is 0.444. The monoisotopic (exact) mass is 577 g/mol. The van der Waals surface area contributed by atoms with Gasteiger partial charge in [0.2, 0.25) is 0 Å². The Hall–Kier alpha value is -3.68. The van der Waals surface area contributed by atoms with Crippen LogP contribution in [0.3, 0.4) is 0 Å². The van der Waals surface area contributed by atoms with E-state index in [1.54, 1.807) is 25.1 Å². The minimum atomic E-state index is -3.57. The molecule has 0 aromatic heterocycles. The quantitative estimate of drug-likeness (QED) is 0.0458. The molecule has 0 heterocycles. The fourth-order valence-electron chi connectivity index (χ4n) is 3.74. The van der Waals surface area contributed by atoms with Gasteiger partial charge in [0.1, 0.15) is 11.8 Å². The molecule has 0 spiro atoms. The molecule has 0 aliphatic rings. The van der Waals surface area contributed by atoms with Gasteiger partial charge in [-0.25, -0.2) is 9.59 Å². The molecule has 0 bridgehead atoms. The van der Waals surface area contributed by atoms with Gasteiger partial charge in [-0.15, -0.1) is 0 Å². The van der Waals surface area contributed by atoms with Crippen molar-refractivity contribution in [1.82, 2.24) is 5.32 Å². The van der Waals surface area contributed by atoms with Crippen LogP contribution in [0.25, 0.3) is 0 Å². The maximum Gasteiger partial charge on any atom is 0.343 e. The van der Waals surface area contributed by atoms with Crippen molar-refractivity contribution in [3.05, 3.63) is 59.7 Å². The van der Waals surface area contributed by atoms with Gasteiger partial charge in [0.05, 0.1) is 6.26 Å². The highest BCUT2D eigenvalue weighted by atomic mass is 32.2. The largest absolute Gasteiger partial charge is 0.390 e. The number of guanidine groups is 1. The molecular weight excluding hydrogens is 538 g/mol. The molecule has 12 nitrogen and oxygen atoms in total. The molecule has 0 saturated carbocycles. The number of esters is 2. The van der Waals surface area contributed by atoms with E-state index in [0.717, 1.165) is 35.9 Å². The van der Waals surface area contributed by atoms with Crippen LogP contribution in [0.5, 0.6) is 5.75 Å². The van der Waals surface area contributed by atoms with E-state index < -0.39 is 34.2 Å². The molecule has 1 unspecified atom stereocenters. The molecule has 0 radical (unpaired) electrons. The van der Waals surface area contributed by atoms with Crippen molar-refractivity contribution in [3.63, 3.8) is 0 Å². The van der Waals surface area contributed by atoms with E-state index in [1.807, 2.05) is 30.3 Å². The highest BCUT2D eigenvalue weighted by Gasteiger charge is 2.26. The molecule has 0 saturated heterocycles. The Morgan fingerprint density at radius 2 is 1.75 bits per heavy atom. The maximum absolute atomic E-state index is 12.6. The number of carbonyl (C=O) groups is 2. The molecule has 7 N–H and O–H groups in total. The standard InChI is InChI=1S/C27H39N5O7S/c1-3-37-24(26(34)38-25(33)23(28)10-6-16-32-27(29)30)18-20-11-13-21(14-12-20)31-15-5-8-19-7-4-9-22(17-19)39-40(2,35)36/h4,7,9,11-14,17,23-24,31H,3,5-6,8,10,15-16,18,28H2,1-2H3,(H4,29,30,32)/t23-,24?/m0/s1. The van der Waals surface area contributed by atoms with Crippen LogP contribution in [0.2, 0.25) is 0 Å². The van der Waals surface area contributed by atoms with Crippen LogP contribution >= 0.6 is 0 Å². The topological polar surface area (TPSA) is 196 Å². The highest BCUT2D eigenvalue weighted by molar-refractivity contribution is 7.86. The normalized spacial score (nSPS) is 12.7. The summed E-state index contributed by atoms with van der Waals surface area (Å²) in [5.74, 6) is -1.50. The van der Waals surface area contributed by atoms with Crippen molar-refractivity contribution >= 4 is 33.7 Å². The lowest BCUT2D eigenvalue weighted by Gasteiger charge is -2.17. The average Bonchev–Trinajstić information content (AvgIpc) is 2.88. The summed E-state index contributed by atoms with van der Waals surface area (Å²) >= 11 is 0. The SMILES string of the molecule is CCOC(Cc1ccc(NCCCc2cccc(OS(C)(=O)=O)c2)cc1)C(=O)OC(=O)[C@@H](N)CCCNC(=N)N. The summed E-state index contributed by atoms with van der Waals surface area (Å²) in [6, 6.07) is 13.5. The van der Waals surface area contributed by atoms with Gasteiger partial charge in [-0.2, -0.15) is 8.42 Å². The third-order valence-corrected chi connectivity index (χ3v) is 6.13. The molecule has 0 aliphatic carbocycles. The molecule has 13 heteroatoms. The number of hydrogen-bond acceptors (Lipinski definition) is 10. The third-order valence-electron chi connectivity index (χ3n) is 5.63. The Morgan fingerprint density at radius 3 is 2.40 bits per heavy atom. The van der Waals surface area contributed by atoms with Crippen molar-refractivity contribution in [2.45, 2.75) is 51.2 Å². The molecular formula is C27H39N5O7S. The molecule has 0 aliphatic heterocycles. The van der Waals surface area contributed by atoms with Crippen LogP contribution in [0.1, 0.15) is 37.3 Å². The summed E-state index contributed by atoms with van der Waals surface area (Å²) in [4.78, 5) is 24.8. The van der Waals surface area contributed by atoms with Crippen LogP contribution in [0, 0.1) is 5.41 Å². The van der Waals surface area contributed by atoms with Crippen molar-refractivity contribution in [3.8, 4) is 5.75 Å². The van der Waals surface area contributed by atoms with E-state index in [1.165, 1.54) is 0 Å². The summed E-state index contributed by atoms with van der Waals surface area (Å²) in [6.07, 6.45) is 2.58. The number of anilines is 1. The Labute approximate surface area is 235 Å². The number of nitrogens with two attached hydrogens (primary N) is 2. The number of benzene rings is 2. The zero-order chi connectivity index (χ0) is 29.5. The van der Waals surface area contributed by atoms with Gasteiger partial charge in [0, 0.05) is 31.8 Å². The molecule has 2 aromatic carbocycles. The predicted octanol–water partition coefficient (Wildman–Crippen LogP) is 1.68.